The van der Waals surface area contributed by atoms with Gasteiger partial charge in [0.2, 0.25) is 5.91 Å². The van der Waals surface area contributed by atoms with Crippen LogP contribution >= 0.6 is 15.9 Å². The van der Waals surface area contributed by atoms with Gasteiger partial charge in [-0.1, -0.05) is 11.8 Å². The Kier molecular flexibility index (Phi) is 11.8. The first-order chi connectivity index (χ1) is 15.3. The highest BCUT2D eigenvalue weighted by Gasteiger charge is 2.23. The number of hydrogen-bond donors (Lipinski definition) is 1. The second-order valence-corrected chi connectivity index (χ2v) is 10.4. The number of carbonyl (C=O) groups excluding carboxylic acids is 1. The van der Waals surface area contributed by atoms with Crippen molar-refractivity contribution in [1.82, 2.24) is 25.2 Å². The number of aromatic nitrogens is 3. The standard InChI is InChI=1S/C19H32BrN5O6S/c1-16(2)19(26)21-3-7-29-9-11-31-12-10-30-8-4-25-18(20)17(22-23-25)15-24-5-13-32(27,28)14-6-24/h1,3-15H2,2H3,(H,21,26). The lowest BCUT2D eigenvalue weighted by Gasteiger charge is -2.25. The van der Waals surface area contributed by atoms with Crippen LogP contribution in [0.25, 0.3) is 0 Å². The van der Waals surface area contributed by atoms with Crippen LogP contribution in [0.2, 0.25) is 0 Å². The Hall–Kier alpha value is -1.38. The van der Waals surface area contributed by atoms with Crippen molar-refractivity contribution < 1.29 is 27.4 Å². The molecule has 11 nitrogen and oxygen atoms in total. The molecule has 1 aromatic heterocycles. The zero-order chi connectivity index (χ0) is 23.4. The lowest BCUT2D eigenvalue weighted by molar-refractivity contribution is -0.117. The van der Waals surface area contributed by atoms with E-state index in [1.54, 1.807) is 11.6 Å². The number of hydrogen-bond acceptors (Lipinski definition) is 9. The number of ether oxygens (including phenoxy) is 3. The normalized spacial score (nSPS) is 16.2. The zero-order valence-electron chi connectivity index (χ0n) is 18.4. The molecule has 0 aliphatic carbocycles. The SMILES string of the molecule is C=C(C)C(=O)NCCOCCOCCOCCn1nnc(CN2CCS(=O)(=O)CC2)c1Br. The van der Waals surface area contributed by atoms with E-state index < -0.39 is 9.84 Å². The van der Waals surface area contributed by atoms with Crippen molar-refractivity contribution in [2.24, 2.45) is 0 Å². The average Bonchev–Trinajstić information content (AvgIpc) is 3.09. The van der Waals surface area contributed by atoms with E-state index >= 15 is 0 Å². The average molecular weight is 538 g/mol. The van der Waals surface area contributed by atoms with E-state index in [-0.39, 0.29) is 17.4 Å². The Bertz CT molecular complexity index is 833. The van der Waals surface area contributed by atoms with Gasteiger partial charge < -0.3 is 19.5 Å². The van der Waals surface area contributed by atoms with Crippen LogP contribution in [0.1, 0.15) is 12.6 Å². The van der Waals surface area contributed by atoms with Crippen molar-refractivity contribution in [3.63, 3.8) is 0 Å². The van der Waals surface area contributed by atoms with Crippen LogP contribution in [0.3, 0.4) is 0 Å². The fraction of sp³-hybridized carbons (Fsp3) is 0.737. The molecule has 182 valence electrons. The minimum atomic E-state index is -2.89. The fourth-order valence-corrected chi connectivity index (χ4v) is 4.51. The van der Waals surface area contributed by atoms with Gasteiger partial charge in [0.1, 0.15) is 10.3 Å². The number of nitrogens with zero attached hydrogens (tertiary/aromatic N) is 4. The maximum atomic E-state index is 11.5. The van der Waals surface area contributed by atoms with E-state index in [0.717, 1.165) is 10.3 Å². The molecule has 0 spiro atoms. The number of sulfone groups is 1. The molecule has 0 bridgehead atoms. The van der Waals surface area contributed by atoms with Crippen LogP contribution < -0.4 is 5.32 Å². The molecule has 0 radical (unpaired) electrons. The largest absolute Gasteiger partial charge is 0.377 e. The summed E-state index contributed by atoms with van der Waals surface area (Å²) in [5.41, 5.74) is 1.26. The second-order valence-electron chi connectivity index (χ2n) is 7.35. The summed E-state index contributed by atoms with van der Waals surface area (Å²) in [5, 5.41) is 11.0. The van der Waals surface area contributed by atoms with Crippen LogP contribution in [-0.4, -0.2) is 105 Å². The van der Waals surface area contributed by atoms with Gasteiger partial charge in [0.25, 0.3) is 0 Å². The lowest BCUT2D eigenvalue weighted by atomic mass is 10.3. The molecule has 1 N–H and O–H groups in total. The first-order valence-corrected chi connectivity index (χ1v) is 13.1. The molecule has 0 aromatic carbocycles. The highest BCUT2D eigenvalue weighted by molar-refractivity contribution is 9.10. The minimum absolute atomic E-state index is 0.171. The van der Waals surface area contributed by atoms with E-state index in [1.165, 1.54) is 0 Å². The lowest BCUT2D eigenvalue weighted by Crippen LogP contribution is -2.39. The van der Waals surface area contributed by atoms with E-state index in [2.05, 4.69) is 43.0 Å². The summed E-state index contributed by atoms with van der Waals surface area (Å²) in [7, 11) is -2.89. The number of amides is 1. The van der Waals surface area contributed by atoms with Crippen LogP contribution in [0.5, 0.6) is 0 Å². The molecule has 13 heteroatoms. The molecular weight excluding hydrogens is 506 g/mol. The molecule has 1 aliphatic heterocycles. The van der Waals surface area contributed by atoms with Gasteiger partial charge in [-0.25, -0.2) is 13.1 Å². The molecule has 1 amide bonds. The maximum Gasteiger partial charge on any atom is 0.246 e. The van der Waals surface area contributed by atoms with Crippen molar-refractivity contribution >= 4 is 31.7 Å². The van der Waals surface area contributed by atoms with Gasteiger partial charge in [-0.05, 0) is 22.9 Å². The highest BCUT2D eigenvalue weighted by Crippen LogP contribution is 2.17. The summed E-state index contributed by atoms with van der Waals surface area (Å²) in [6, 6.07) is 0. The summed E-state index contributed by atoms with van der Waals surface area (Å²) in [6.07, 6.45) is 0. The molecule has 1 aromatic rings. The predicted molar refractivity (Wildman–Crippen MR) is 122 cm³/mol. The molecule has 2 rings (SSSR count). The van der Waals surface area contributed by atoms with Gasteiger partial charge >= 0.3 is 0 Å². The Morgan fingerprint density at radius 3 is 2.31 bits per heavy atom. The van der Waals surface area contributed by atoms with Crippen molar-refractivity contribution in [2.75, 3.05) is 70.8 Å². The second kappa shape index (κ2) is 14.0. The molecule has 1 fully saturated rings. The summed E-state index contributed by atoms with van der Waals surface area (Å²) < 4.78 is 41.9. The van der Waals surface area contributed by atoms with Gasteiger partial charge in [0.05, 0.1) is 57.7 Å². The van der Waals surface area contributed by atoms with Crippen LogP contribution in [-0.2, 0) is 41.9 Å². The Labute approximate surface area is 197 Å². The summed E-state index contributed by atoms with van der Waals surface area (Å²) in [6.45, 7) is 10.5. The van der Waals surface area contributed by atoms with Gasteiger partial charge in [0, 0.05) is 31.8 Å². The molecule has 1 aliphatic rings. The quantitative estimate of drug-likeness (QED) is 0.243. The van der Waals surface area contributed by atoms with Crippen LogP contribution in [0.15, 0.2) is 16.8 Å². The van der Waals surface area contributed by atoms with Crippen molar-refractivity contribution in [1.29, 1.82) is 0 Å². The third kappa shape index (κ3) is 10.0. The molecule has 0 atom stereocenters. The molecule has 0 saturated carbocycles. The Balaban J connectivity index is 1.48. The summed E-state index contributed by atoms with van der Waals surface area (Å²) >= 11 is 3.52. The van der Waals surface area contributed by atoms with E-state index in [1.807, 2.05) is 0 Å². The third-order valence-electron chi connectivity index (χ3n) is 4.66. The fourth-order valence-electron chi connectivity index (χ4n) is 2.78. The van der Waals surface area contributed by atoms with Crippen molar-refractivity contribution in [3.8, 4) is 0 Å². The predicted octanol–water partition coefficient (Wildman–Crippen LogP) is 0.0131. The number of carbonyl (C=O) groups is 1. The van der Waals surface area contributed by atoms with Crippen LogP contribution in [0, 0.1) is 0 Å². The first kappa shape index (κ1) is 26.9. The molecule has 32 heavy (non-hydrogen) atoms. The molecule has 2 heterocycles. The number of halogens is 1. The summed E-state index contributed by atoms with van der Waals surface area (Å²) in [5.74, 6) is 0.207. The first-order valence-electron chi connectivity index (χ1n) is 10.5. The monoisotopic (exact) mass is 537 g/mol. The Morgan fingerprint density at radius 1 is 1.09 bits per heavy atom. The maximum absolute atomic E-state index is 11.5. The minimum Gasteiger partial charge on any atom is -0.377 e. The topological polar surface area (TPSA) is 125 Å². The number of nitrogens with one attached hydrogen (secondary N) is 1. The van der Waals surface area contributed by atoms with E-state index in [0.29, 0.717) is 77.9 Å². The van der Waals surface area contributed by atoms with Crippen molar-refractivity contribution in [2.45, 2.75) is 20.0 Å². The number of rotatable bonds is 15. The van der Waals surface area contributed by atoms with E-state index in [4.69, 9.17) is 14.2 Å². The smallest absolute Gasteiger partial charge is 0.246 e. The Morgan fingerprint density at radius 2 is 1.69 bits per heavy atom. The van der Waals surface area contributed by atoms with Crippen molar-refractivity contribution in [3.05, 3.63) is 22.4 Å². The van der Waals surface area contributed by atoms with Gasteiger partial charge in [-0.3, -0.25) is 9.69 Å². The van der Waals surface area contributed by atoms with Gasteiger partial charge in [-0.2, -0.15) is 0 Å². The van der Waals surface area contributed by atoms with E-state index in [9.17, 15) is 13.2 Å². The third-order valence-corrected chi connectivity index (χ3v) is 7.14. The van der Waals surface area contributed by atoms with Gasteiger partial charge in [0.15, 0.2) is 9.84 Å². The molecule has 1 saturated heterocycles. The zero-order valence-corrected chi connectivity index (χ0v) is 20.8. The molecule has 0 unspecified atom stereocenters. The highest BCUT2D eigenvalue weighted by atomic mass is 79.9. The van der Waals surface area contributed by atoms with Gasteiger partial charge in [-0.15, -0.1) is 5.10 Å². The summed E-state index contributed by atoms with van der Waals surface area (Å²) in [4.78, 5) is 13.3. The molecular formula is C19H32BrN5O6S. The van der Waals surface area contributed by atoms with Crippen LogP contribution in [0.4, 0.5) is 0 Å².